The zero-order valence-corrected chi connectivity index (χ0v) is 17.4. The van der Waals surface area contributed by atoms with Gasteiger partial charge in [0.1, 0.15) is 18.2 Å². The molecule has 1 aromatic heterocycles. The third-order valence-electron chi connectivity index (χ3n) is 5.12. The molecule has 0 aliphatic heterocycles. The van der Waals surface area contributed by atoms with Crippen molar-refractivity contribution in [2.45, 2.75) is 39.7 Å². The Morgan fingerprint density at radius 2 is 1.59 bits per heavy atom. The first-order chi connectivity index (χ1) is 13.8. The molecule has 3 aromatic carbocycles. The van der Waals surface area contributed by atoms with Gasteiger partial charge in [-0.3, -0.25) is 0 Å². The molecule has 1 heterocycles. The number of aryl methyl sites for hydroxylation is 1. The summed E-state index contributed by atoms with van der Waals surface area (Å²) in [6.45, 7) is 9.18. The van der Waals surface area contributed by atoms with Crippen molar-refractivity contribution in [3.63, 3.8) is 0 Å². The third kappa shape index (κ3) is 3.91. The maximum Gasteiger partial charge on any atom is 0.129 e. The quantitative estimate of drug-likeness (QED) is 0.369. The van der Waals surface area contributed by atoms with Gasteiger partial charge in [-0.25, -0.2) is 4.39 Å². The first kappa shape index (κ1) is 19.3. The van der Waals surface area contributed by atoms with Crippen LogP contribution in [0.1, 0.15) is 37.6 Å². The van der Waals surface area contributed by atoms with E-state index in [0.717, 1.165) is 39.2 Å². The number of benzene rings is 3. The average Bonchev–Trinajstić information content (AvgIpc) is 3.07. The van der Waals surface area contributed by atoms with E-state index in [1.807, 2.05) is 30.3 Å². The molecule has 2 nitrogen and oxygen atoms in total. The van der Waals surface area contributed by atoms with Crippen LogP contribution in [-0.4, -0.2) is 4.57 Å². The molecule has 3 heteroatoms. The summed E-state index contributed by atoms with van der Waals surface area (Å²) >= 11 is 0. The topological polar surface area (TPSA) is 14.2 Å². The number of rotatable bonds is 4. The van der Waals surface area contributed by atoms with E-state index in [2.05, 4.69) is 62.6 Å². The molecule has 0 aliphatic rings. The fourth-order valence-corrected chi connectivity index (χ4v) is 3.68. The highest BCUT2D eigenvalue weighted by molar-refractivity contribution is 5.90. The van der Waals surface area contributed by atoms with Crippen molar-refractivity contribution in [2.75, 3.05) is 0 Å². The Hall–Kier alpha value is -3.07. The van der Waals surface area contributed by atoms with Gasteiger partial charge in [-0.2, -0.15) is 0 Å². The molecule has 148 valence electrons. The van der Waals surface area contributed by atoms with Gasteiger partial charge < -0.3 is 9.30 Å². The Bertz CT molecular complexity index is 1140. The standard InChI is InChI=1S/C26H26FNO/c1-18-14-23-22(24(15-18)29-17-19-8-6-5-7-9-19)16-25(26(2,3)4)28(23)21-12-10-20(27)11-13-21/h5-16H,17H2,1-4H3. The summed E-state index contributed by atoms with van der Waals surface area (Å²) in [4.78, 5) is 0. The number of fused-ring (bicyclic) bond motifs is 1. The Morgan fingerprint density at radius 1 is 0.897 bits per heavy atom. The van der Waals surface area contributed by atoms with Crippen LogP contribution in [0.4, 0.5) is 4.39 Å². The van der Waals surface area contributed by atoms with Gasteiger partial charge in [-0.05, 0) is 60.5 Å². The SMILES string of the molecule is Cc1cc(OCc2ccccc2)c2cc(C(C)(C)C)n(-c3ccc(F)cc3)c2c1. The van der Waals surface area contributed by atoms with Crippen LogP contribution in [0, 0.1) is 12.7 Å². The van der Waals surface area contributed by atoms with E-state index in [9.17, 15) is 4.39 Å². The lowest BCUT2D eigenvalue weighted by Gasteiger charge is -2.22. The lowest BCUT2D eigenvalue weighted by atomic mass is 9.92. The fourth-order valence-electron chi connectivity index (χ4n) is 3.68. The number of hydrogen-bond donors (Lipinski definition) is 0. The summed E-state index contributed by atoms with van der Waals surface area (Å²) in [5.41, 5.74) is 5.36. The van der Waals surface area contributed by atoms with Gasteiger partial charge in [0.2, 0.25) is 0 Å². The van der Waals surface area contributed by atoms with E-state index in [1.165, 1.54) is 12.1 Å². The molecule has 0 fully saturated rings. The summed E-state index contributed by atoms with van der Waals surface area (Å²) < 4.78 is 22.0. The van der Waals surface area contributed by atoms with Crippen LogP contribution in [0.3, 0.4) is 0 Å². The Labute approximate surface area is 171 Å². The Morgan fingerprint density at radius 3 is 2.24 bits per heavy atom. The van der Waals surface area contributed by atoms with Crippen LogP contribution in [-0.2, 0) is 12.0 Å². The van der Waals surface area contributed by atoms with Crippen molar-refractivity contribution in [2.24, 2.45) is 0 Å². The molecule has 0 radical (unpaired) electrons. The highest BCUT2D eigenvalue weighted by Gasteiger charge is 2.23. The zero-order chi connectivity index (χ0) is 20.6. The normalized spacial score (nSPS) is 11.8. The molecule has 0 amide bonds. The molecule has 0 saturated carbocycles. The second-order valence-corrected chi connectivity index (χ2v) is 8.56. The van der Waals surface area contributed by atoms with E-state index in [-0.39, 0.29) is 11.2 Å². The molecule has 0 saturated heterocycles. The monoisotopic (exact) mass is 387 g/mol. The molecule has 0 aliphatic carbocycles. The number of ether oxygens (including phenoxy) is 1. The molecule has 29 heavy (non-hydrogen) atoms. The van der Waals surface area contributed by atoms with Crippen LogP contribution in [0.2, 0.25) is 0 Å². The number of aromatic nitrogens is 1. The van der Waals surface area contributed by atoms with Crippen LogP contribution in [0.5, 0.6) is 5.75 Å². The largest absolute Gasteiger partial charge is 0.488 e. The summed E-state index contributed by atoms with van der Waals surface area (Å²) in [6.07, 6.45) is 0. The summed E-state index contributed by atoms with van der Waals surface area (Å²) in [5.74, 6) is 0.640. The predicted molar refractivity (Wildman–Crippen MR) is 117 cm³/mol. The molecule has 0 N–H and O–H groups in total. The van der Waals surface area contributed by atoms with Crippen molar-refractivity contribution in [3.8, 4) is 11.4 Å². The fraction of sp³-hybridized carbons (Fsp3) is 0.231. The Balaban J connectivity index is 1.88. The lowest BCUT2D eigenvalue weighted by molar-refractivity contribution is 0.310. The van der Waals surface area contributed by atoms with E-state index < -0.39 is 0 Å². The zero-order valence-electron chi connectivity index (χ0n) is 17.4. The lowest BCUT2D eigenvalue weighted by Crippen LogP contribution is -2.16. The molecular formula is C26H26FNO. The van der Waals surface area contributed by atoms with E-state index in [4.69, 9.17) is 4.74 Å². The van der Waals surface area contributed by atoms with E-state index >= 15 is 0 Å². The van der Waals surface area contributed by atoms with Crippen molar-refractivity contribution in [1.29, 1.82) is 0 Å². The van der Waals surface area contributed by atoms with E-state index in [0.29, 0.717) is 6.61 Å². The summed E-state index contributed by atoms with van der Waals surface area (Å²) in [5, 5.41) is 1.07. The molecule has 4 aromatic rings. The number of halogens is 1. The number of hydrogen-bond acceptors (Lipinski definition) is 1. The Kier molecular flexibility index (Phi) is 4.91. The van der Waals surface area contributed by atoms with Gasteiger partial charge in [-0.15, -0.1) is 0 Å². The third-order valence-corrected chi connectivity index (χ3v) is 5.12. The molecule has 0 spiro atoms. The van der Waals surface area contributed by atoms with Crippen molar-refractivity contribution in [3.05, 3.63) is 95.4 Å². The summed E-state index contributed by atoms with van der Waals surface area (Å²) in [6, 6.07) is 23.3. The van der Waals surface area contributed by atoms with Gasteiger partial charge >= 0.3 is 0 Å². The van der Waals surface area contributed by atoms with Gasteiger partial charge in [0.25, 0.3) is 0 Å². The first-order valence-electron chi connectivity index (χ1n) is 9.92. The molecular weight excluding hydrogens is 361 g/mol. The highest BCUT2D eigenvalue weighted by atomic mass is 19.1. The first-order valence-corrected chi connectivity index (χ1v) is 9.92. The van der Waals surface area contributed by atoms with Crippen molar-refractivity contribution >= 4 is 10.9 Å². The van der Waals surface area contributed by atoms with Crippen LogP contribution >= 0.6 is 0 Å². The number of nitrogens with zero attached hydrogens (tertiary/aromatic N) is 1. The second-order valence-electron chi connectivity index (χ2n) is 8.56. The minimum absolute atomic E-state index is 0.0853. The van der Waals surface area contributed by atoms with Gasteiger partial charge in [0, 0.05) is 22.2 Å². The van der Waals surface area contributed by atoms with E-state index in [1.54, 1.807) is 0 Å². The molecule has 4 rings (SSSR count). The minimum atomic E-state index is -0.231. The van der Waals surface area contributed by atoms with Crippen molar-refractivity contribution in [1.82, 2.24) is 4.57 Å². The predicted octanol–water partition coefficient (Wildman–Crippen LogP) is 6.95. The molecule has 0 atom stereocenters. The van der Waals surface area contributed by atoms with Gasteiger partial charge in [-0.1, -0.05) is 51.1 Å². The second kappa shape index (κ2) is 7.40. The minimum Gasteiger partial charge on any atom is -0.488 e. The maximum atomic E-state index is 13.5. The average molecular weight is 387 g/mol. The van der Waals surface area contributed by atoms with Crippen molar-refractivity contribution < 1.29 is 9.13 Å². The van der Waals surface area contributed by atoms with Crippen LogP contribution in [0.25, 0.3) is 16.6 Å². The molecule has 0 unspecified atom stereocenters. The van der Waals surface area contributed by atoms with Gasteiger partial charge in [0.05, 0.1) is 5.52 Å². The van der Waals surface area contributed by atoms with Crippen LogP contribution < -0.4 is 4.74 Å². The smallest absolute Gasteiger partial charge is 0.129 e. The van der Waals surface area contributed by atoms with Gasteiger partial charge in [0.15, 0.2) is 0 Å². The highest BCUT2D eigenvalue weighted by Crippen LogP contribution is 2.37. The summed E-state index contributed by atoms with van der Waals surface area (Å²) in [7, 11) is 0. The maximum absolute atomic E-state index is 13.5. The molecule has 0 bridgehead atoms. The van der Waals surface area contributed by atoms with Crippen LogP contribution in [0.15, 0.2) is 72.8 Å².